The van der Waals surface area contributed by atoms with Crippen molar-refractivity contribution in [2.45, 2.75) is 11.3 Å². The SMILES string of the molecule is O=C(CCSc1ccc(Cl)cc1)NCCN1CCNCC1. The van der Waals surface area contributed by atoms with Crippen LogP contribution in [-0.2, 0) is 4.79 Å². The summed E-state index contributed by atoms with van der Waals surface area (Å²) in [4.78, 5) is 15.3. The Kier molecular flexibility index (Phi) is 7.36. The van der Waals surface area contributed by atoms with Gasteiger partial charge >= 0.3 is 0 Å². The lowest BCUT2D eigenvalue weighted by Crippen LogP contribution is -2.46. The first-order chi connectivity index (χ1) is 10.2. The summed E-state index contributed by atoms with van der Waals surface area (Å²) in [6, 6.07) is 7.71. The molecule has 21 heavy (non-hydrogen) atoms. The lowest BCUT2D eigenvalue weighted by molar-refractivity contribution is -0.120. The predicted molar refractivity (Wildman–Crippen MR) is 89.1 cm³/mol. The molecule has 0 bridgehead atoms. The molecule has 2 rings (SSSR count). The minimum atomic E-state index is 0.131. The van der Waals surface area contributed by atoms with Gasteiger partial charge in [-0.25, -0.2) is 0 Å². The standard InChI is InChI=1S/C15H22ClN3OS/c16-13-1-3-14(4-2-13)21-12-5-15(20)18-8-11-19-9-6-17-7-10-19/h1-4,17H,5-12H2,(H,18,20). The maximum Gasteiger partial charge on any atom is 0.220 e. The summed E-state index contributed by atoms with van der Waals surface area (Å²) in [6.45, 7) is 5.92. The van der Waals surface area contributed by atoms with Gasteiger partial charge in [0.15, 0.2) is 0 Å². The van der Waals surface area contributed by atoms with Crippen LogP contribution in [0.5, 0.6) is 0 Å². The van der Waals surface area contributed by atoms with Crippen molar-refractivity contribution in [2.24, 2.45) is 0 Å². The maximum absolute atomic E-state index is 11.8. The number of halogens is 1. The van der Waals surface area contributed by atoms with E-state index in [0.717, 1.165) is 54.9 Å². The molecule has 1 aliphatic rings. The minimum Gasteiger partial charge on any atom is -0.355 e. The Balaban J connectivity index is 1.54. The van der Waals surface area contributed by atoms with Crippen molar-refractivity contribution >= 4 is 29.3 Å². The summed E-state index contributed by atoms with van der Waals surface area (Å²) in [5.41, 5.74) is 0. The van der Waals surface area contributed by atoms with E-state index in [1.165, 1.54) is 0 Å². The topological polar surface area (TPSA) is 44.4 Å². The molecule has 0 aliphatic carbocycles. The second kappa shape index (κ2) is 9.30. The fourth-order valence-electron chi connectivity index (χ4n) is 2.17. The fraction of sp³-hybridized carbons (Fsp3) is 0.533. The van der Waals surface area contributed by atoms with E-state index < -0.39 is 0 Å². The average Bonchev–Trinajstić information content (AvgIpc) is 2.50. The molecule has 1 aromatic carbocycles. The van der Waals surface area contributed by atoms with Gasteiger partial charge in [-0.05, 0) is 24.3 Å². The third-order valence-electron chi connectivity index (χ3n) is 3.37. The van der Waals surface area contributed by atoms with Crippen LogP contribution in [0.15, 0.2) is 29.2 Å². The summed E-state index contributed by atoms with van der Waals surface area (Å²) >= 11 is 7.52. The van der Waals surface area contributed by atoms with Crippen LogP contribution < -0.4 is 10.6 Å². The third kappa shape index (κ3) is 6.70. The van der Waals surface area contributed by atoms with Gasteiger partial charge in [0.05, 0.1) is 0 Å². The number of carbonyl (C=O) groups is 1. The quantitative estimate of drug-likeness (QED) is 0.750. The van der Waals surface area contributed by atoms with Gasteiger partial charge in [0.2, 0.25) is 5.91 Å². The molecule has 4 nitrogen and oxygen atoms in total. The zero-order valence-electron chi connectivity index (χ0n) is 12.1. The normalized spacial score (nSPS) is 15.9. The number of nitrogens with one attached hydrogen (secondary N) is 2. The van der Waals surface area contributed by atoms with Crippen molar-refractivity contribution in [3.63, 3.8) is 0 Å². The highest BCUT2D eigenvalue weighted by Gasteiger charge is 2.09. The molecule has 0 saturated carbocycles. The second-order valence-electron chi connectivity index (χ2n) is 4.99. The third-order valence-corrected chi connectivity index (χ3v) is 4.64. The summed E-state index contributed by atoms with van der Waals surface area (Å²) in [5.74, 6) is 0.924. The van der Waals surface area contributed by atoms with E-state index in [0.29, 0.717) is 6.42 Å². The van der Waals surface area contributed by atoms with E-state index in [4.69, 9.17) is 11.6 Å². The molecular weight excluding hydrogens is 306 g/mol. The Bertz CT molecular complexity index is 435. The number of rotatable bonds is 7. The molecule has 116 valence electrons. The summed E-state index contributed by atoms with van der Waals surface area (Å²) in [6.07, 6.45) is 0.550. The van der Waals surface area contributed by atoms with E-state index in [1.54, 1.807) is 11.8 Å². The molecule has 0 atom stereocenters. The van der Waals surface area contributed by atoms with Gasteiger partial charge in [-0.2, -0.15) is 0 Å². The lowest BCUT2D eigenvalue weighted by atomic mass is 10.3. The molecule has 1 heterocycles. The van der Waals surface area contributed by atoms with Gasteiger partial charge < -0.3 is 10.6 Å². The van der Waals surface area contributed by atoms with Crippen LogP contribution in [0, 0.1) is 0 Å². The number of hydrogen-bond acceptors (Lipinski definition) is 4. The van der Waals surface area contributed by atoms with Gasteiger partial charge in [0.25, 0.3) is 0 Å². The van der Waals surface area contributed by atoms with E-state index in [-0.39, 0.29) is 5.91 Å². The van der Waals surface area contributed by atoms with Crippen molar-refractivity contribution in [1.82, 2.24) is 15.5 Å². The van der Waals surface area contributed by atoms with Gasteiger partial charge in [0, 0.05) is 61.4 Å². The average molecular weight is 328 g/mol. The summed E-state index contributed by atoms with van der Waals surface area (Å²) in [7, 11) is 0. The van der Waals surface area contributed by atoms with Crippen molar-refractivity contribution in [3.8, 4) is 0 Å². The summed E-state index contributed by atoms with van der Waals surface area (Å²) < 4.78 is 0. The second-order valence-corrected chi connectivity index (χ2v) is 6.60. The number of piperazine rings is 1. The Hall–Kier alpha value is -0.750. The number of carbonyl (C=O) groups excluding carboxylic acids is 1. The molecule has 2 N–H and O–H groups in total. The molecule has 6 heteroatoms. The van der Waals surface area contributed by atoms with E-state index >= 15 is 0 Å². The van der Waals surface area contributed by atoms with Crippen LogP contribution in [0.2, 0.25) is 5.02 Å². The lowest BCUT2D eigenvalue weighted by Gasteiger charge is -2.27. The Morgan fingerprint density at radius 1 is 1.29 bits per heavy atom. The van der Waals surface area contributed by atoms with Crippen LogP contribution in [-0.4, -0.2) is 55.8 Å². The molecule has 0 radical (unpaired) electrons. The molecule has 1 aliphatic heterocycles. The fourth-order valence-corrected chi connectivity index (χ4v) is 3.15. The van der Waals surface area contributed by atoms with E-state index in [9.17, 15) is 4.79 Å². The van der Waals surface area contributed by atoms with Crippen molar-refractivity contribution in [1.29, 1.82) is 0 Å². The number of thioether (sulfide) groups is 1. The number of nitrogens with zero attached hydrogens (tertiary/aromatic N) is 1. The van der Waals surface area contributed by atoms with Crippen molar-refractivity contribution < 1.29 is 4.79 Å². The zero-order valence-corrected chi connectivity index (χ0v) is 13.7. The summed E-state index contributed by atoms with van der Waals surface area (Å²) in [5, 5.41) is 7.05. The Morgan fingerprint density at radius 3 is 2.71 bits per heavy atom. The van der Waals surface area contributed by atoms with E-state index in [1.807, 2.05) is 24.3 Å². The van der Waals surface area contributed by atoms with Gasteiger partial charge in [-0.15, -0.1) is 11.8 Å². The van der Waals surface area contributed by atoms with Crippen LogP contribution >= 0.6 is 23.4 Å². The van der Waals surface area contributed by atoms with Crippen LogP contribution in [0.1, 0.15) is 6.42 Å². The Morgan fingerprint density at radius 2 is 2.00 bits per heavy atom. The molecule has 1 saturated heterocycles. The zero-order chi connectivity index (χ0) is 14.9. The predicted octanol–water partition coefficient (Wildman–Crippen LogP) is 1.84. The largest absolute Gasteiger partial charge is 0.355 e. The monoisotopic (exact) mass is 327 g/mol. The molecule has 0 spiro atoms. The molecule has 1 fully saturated rings. The molecular formula is C15H22ClN3OS. The van der Waals surface area contributed by atoms with Gasteiger partial charge in [-0.3, -0.25) is 9.69 Å². The van der Waals surface area contributed by atoms with Gasteiger partial charge in [0.1, 0.15) is 0 Å². The number of amides is 1. The molecule has 1 amide bonds. The van der Waals surface area contributed by atoms with Crippen LogP contribution in [0.4, 0.5) is 0 Å². The Labute approximate surface area is 135 Å². The first kappa shape index (κ1) is 16.6. The van der Waals surface area contributed by atoms with Crippen LogP contribution in [0.3, 0.4) is 0 Å². The molecule has 0 unspecified atom stereocenters. The molecule has 0 aromatic heterocycles. The van der Waals surface area contributed by atoms with Crippen LogP contribution in [0.25, 0.3) is 0 Å². The highest BCUT2D eigenvalue weighted by atomic mass is 35.5. The first-order valence-corrected chi connectivity index (χ1v) is 8.68. The first-order valence-electron chi connectivity index (χ1n) is 7.32. The maximum atomic E-state index is 11.8. The van der Waals surface area contributed by atoms with E-state index in [2.05, 4.69) is 15.5 Å². The number of hydrogen-bond donors (Lipinski definition) is 2. The highest BCUT2D eigenvalue weighted by molar-refractivity contribution is 7.99. The molecule has 1 aromatic rings. The smallest absolute Gasteiger partial charge is 0.220 e. The van der Waals surface area contributed by atoms with Crippen molar-refractivity contribution in [3.05, 3.63) is 29.3 Å². The highest BCUT2D eigenvalue weighted by Crippen LogP contribution is 2.20. The van der Waals surface area contributed by atoms with Crippen molar-refractivity contribution in [2.75, 3.05) is 45.0 Å². The minimum absolute atomic E-state index is 0.131. The van der Waals surface area contributed by atoms with Gasteiger partial charge in [-0.1, -0.05) is 11.6 Å². The number of benzene rings is 1.